The van der Waals surface area contributed by atoms with Gasteiger partial charge in [0.2, 0.25) is 11.0 Å². The van der Waals surface area contributed by atoms with E-state index in [1.807, 2.05) is 11.8 Å². The van der Waals surface area contributed by atoms with Crippen molar-refractivity contribution >= 4 is 22.6 Å². The molecule has 0 N–H and O–H groups in total. The molecule has 2 heterocycles. The van der Waals surface area contributed by atoms with Crippen molar-refractivity contribution < 1.29 is 4.79 Å². The molecule has 1 amide bonds. The van der Waals surface area contributed by atoms with Crippen LogP contribution in [0.4, 0.5) is 5.13 Å². The van der Waals surface area contributed by atoms with Crippen LogP contribution in [0.2, 0.25) is 0 Å². The van der Waals surface area contributed by atoms with Gasteiger partial charge in [0.15, 0.2) is 0 Å². The van der Waals surface area contributed by atoms with Gasteiger partial charge in [0.1, 0.15) is 5.82 Å². The van der Waals surface area contributed by atoms with E-state index in [4.69, 9.17) is 0 Å². The van der Waals surface area contributed by atoms with E-state index >= 15 is 0 Å². The van der Waals surface area contributed by atoms with Gasteiger partial charge in [-0.15, -0.1) is 0 Å². The van der Waals surface area contributed by atoms with Crippen molar-refractivity contribution in [3.63, 3.8) is 0 Å². The van der Waals surface area contributed by atoms with Gasteiger partial charge in [0.05, 0.1) is 0 Å². The third-order valence-electron chi connectivity index (χ3n) is 2.73. The molecule has 0 bridgehead atoms. The largest absolute Gasteiger partial charge is 0.345 e. The zero-order valence-electron chi connectivity index (χ0n) is 9.64. The Kier molecular flexibility index (Phi) is 3.38. The molecule has 1 aromatic rings. The zero-order valence-corrected chi connectivity index (χ0v) is 10.5. The highest BCUT2D eigenvalue weighted by Gasteiger charge is 2.18. The molecule has 0 spiro atoms. The second-order valence-corrected chi connectivity index (χ2v) is 4.70. The predicted octanol–water partition coefficient (Wildman–Crippen LogP) is 0.905. The molecule has 16 heavy (non-hydrogen) atoms. The number of rotatable bonds is 1. The number of amides is 1. The monoisotopic (exact) mass is 240 g/mol. The molecule has 1 aliphatic rings. The van der Waals surface area contributed by atoms with E-state index in [9.17, 15) is 4.79 Å². The smallest absolute Gasteiger partial charge is 0.219 e. The van der Waals surface area contributed by atoms with Crippen LogP contribution in [0.15, 0.2) is 0 Å². The first-order valence-electron chi connectivity index (χ1n) is 5.47. The van der Waals surface area contributed by atoms with E-state index in [0.29, 0.717) is 0 Å². The molecule has 0 unspecified atom stereocenters. The molecule has 0 radical (unpaired) electrons. The SMILES string of the molecule is CC(=O)N1CCCN(c2nc(C)ns2)CC1. The van der Waals surface area contributed by atoms with Crippen molar-refractivity contribution in [3.8, 4) is 0 Å². The maximum absolute atomic E-state index is 11.3. The first-order valence-corrected chi connectivity index (χ1v) is 6.25. The fraction of sp³-hybridized carbons (Fsp3) is 0.700. The summed E-state index contributed by atoms with van der Waals surface area (Å²) in [7, 11) is 0. The number of aromatic nitrogens is 2. The number of carbonyl (C=O) groups excluding carboxylic acids is 1. The van der Waals surface area contributed by atoms with Gasteiger partial charge in [0.25, 0.3) is 0 Å². The summed E-state index contributed by atoms with van der Waals surface area (Å²) in [5, 5.41) is 0.975. The first-order chi connectivity index (χ1) is 7.66. The molecule has 6 heteroatoms. The Morgan fingerprint density at radius 2 is 2.12 bits per heavy atom. The third-order valence-corrected chi connectivity index (χ3v) is 3.60. The maximum atomic E-state index is 11.3. The summed E-state index contributed by atoms with van der Waals surface area (Å²) < 4.78 is 4.18. The van der Waals surface area contributed by atoms with Gasteiger partial charge in [-0.2, -0.15) is 4.37 Å². The molecule has 0 atom stereocenters. The lowest BCUT2D eigenvalue weighted by Gasteiger charge is -2.19. The Morgan fingerprint density at radius 1 is 1.31 bits per heavy atom. The van der Waals surface area contributed by atoms with E-state index in [1.54, 1.807) is 6.92 Å². The summed E-state index contributed by atoms with van der Waals surface area (Å²) in [6.45, 7) is 6.98. The normalized spacial score (nSPS) is 17.4. The van der Waals surface area contributed by atoms with E-state index in [-0.39, 0.29) is 5.91 Å². The van der Waals surface area contributed by atoms with Crippen LogP contribution < -0.4 is 4.90 Å². The summed E-state index contributed by atoms with van der Waals surface area (Å²) in [5.41, 5.74) is 0. The van der Waals surface area contributed by atoms with Gasteiger partial charge in [-0.05, 0) is 13.3 Å². The summed E-state index contributed by atoms with van der Waals surface area (Å²) in [6.07, 6.45) is 0.998. The van der Waals surface area contributed by atoms with Crippen LogP contribution >= 0.6 is 11.5 Å². The van der Waals surface area contributed by atoms with E-state index in [0.717, 1.165) is 43.6 Å². The molecule has 1 aliphatic heterocycles. The topological polar surface area (TPSA) is 49.3 Å². The molecule has 0 aromatic carbocycles. The number of hydrogen-bond acceptors (Lipinski definition) is 5. The lowest BCUT2D eigenvalue weighted by atomic mass is 10.4. The van der Waals surface area contributed by atoms with Gasteiger partial charge < -0.3 is 9.80 Å². The summed E-state index contributed by atoms with van der Waals surface area (Å²) >= 11 is 1.44. The van der Waals surface area contributed by atoms with Gasteiger partial charge in [0, 0.05) is 44.6 Å². The van der Waals surface area contributed by atoms with Crippen LogP contribution in [0.5, 0.6) is 0 Å². The molecule has 1 aromatic heterocycles. The second-order valence-electron chi connectivity index (χ2n) is 3.97. The van der Waals surface area contributed by atoms with Gasteiger partial charge in [-0.25, -0.2) is 4.98 Å². The van der Waals surface area contributed by atoms with Crippen molar-refractivity contribution in [2.45, 2.75) is 20.3 Å². The lowest BCUT2D eigenvalue weighted by Crippen LogP contribution is -2.33. The molecule has 1 fully saturated rings. The molecule has 88 valence electrons. The summed E-state index contributed by atoms with van der Waals surface area (Å²) in [5.74, 6) is 0.989. The van der Waals surface area contributed by atoms with Crippen molar-refractivity contribution in [2.24, 2.45) is 0 Å². The van der Waals surface area contributed by atoms with Crippen LogP contribution in [0.3, 0.4) is 0 Å². The highest BCUT2D eigenvalue weighted by molar-refractivity contribution is 7.09. The van der Waals surface area contributed by atoms with E-state index in [1.165, 1.54) is 11.5 Å². The highest BCUT2D eigenvalue weighted by Crippen LogP contribution is 2.18. The minimum Gasteiger partial charge on any atom is -0.345 e. The van der Waals surface area contributed by atoms with E-state index in [2.05, 4.69) is 14.3 Å². The molecule has 0 saturated carbocycles. The third kappa shape index (κ3) is 2.49. The Hall–Kier alpha value is -1.17. The van der Waals surface area contributed by atoms with Crippen molar-refractivity contribution in [1.29, 1.82) is 0 Å². The molecular formula is C10H16N4OS. The number of nitrogens with zero attached hydrogens (tertiary/aromatic N) is 4. The molecule has 1 saturated heterocycles. The Morgan fingerprint density at radius 3 is 2.75 bits per heavy atom. The average Bonchev–Trinajstić information content (AvgIpc) is 2.54. The summed E-state index contributed by atoms with van der Waals surface area (Å²) in [4.78, 5) is 19.8. The van der Waals surface area contributed by atoms with Crippen LogP contribution in [0.25, 0.3) is 0 Å². The molecule has 2 rings (SSSR count). The Labute approximate surface area is 99.2 Å². The van der Waals surface area contributed by atoms with Crippen LogP contribution in [-0.4, -0.2) is 46.3 Å². The average molecular weight is 240 g/mol. The number of aryl methyl sites for hydroxylation is 1. The zero-order chi connectivity index (χ0) is 11.5. The standard InChI is InChI=1S/C10H16N4OS/c1-8-11-10(16-12-8)14-5-3-4-13(6-7-14)9(2)15/h3-7H2,1-2H3. The van der Waals surface area contributed by atoms with Crippen molar-refractivity contribution in [1.82, 2.24) is 14.3 Å². The van der Waals surface area contributed by atoms with Crippen LogP contribution in [0.1, 0.15) is 19.2 Å². The number of carbonyl (C=O) groups is 1. The van der Waals surface area contributed by atoms with Gasteiger partial charge in [-0.3, -0.25) is 4.79 Å². The quantitative estimate of drug-likeness (QED) is 0.732. The minimum absolute atomic E-state index is 0.162. The molecular weight excluding hydrogens is 224 g/mol. The molecule has 5 nitrogen and oxygen atoms in total. The highest BCUT2D eigenvalue weighted by atomic mass is 32.1. The number of anilines is 1. The Bertz CT molecular complexity index is 379. The maximum Gasteiger partial charge on any atom is 0.219 e. The Balaban J connectivity index is 2.01. The fourth-order valence-corrected chi connectivity index (χ4v) is 2.56. The van der Waals surface area contributed by atoms with Crippen molar-refractivity contribution in [3.05, 3.63) is 5.82 Å². The van der Waals surface area contributed by atoms with Gasteiger partial charge in [-0.1, -0.05) is 0 Å². The van der Waals surface area contributed by atoms with Crippen LogP contribution in [-0.2, 0) is 4.79 Å². The first kappa shape index (κ1) is 11.3. The lowest BCUT2D eigenvalue weighted by molar-refractivity contribution is -0.128. The second kappa shape index (κ2) is 4.78. The predicted molar refractivity (Wildman–Crippen MR) is 63.7 cm³/mol. The molecule has 0 aliphatic carbocycles. The fourth-order valence-electron chi connectivity index (χ4n) is 1.84. The number of hydrogen-bond donors (Lipinski definition) is 0. The summed E-state index contributed by atoms with van der Waals surface area (Å²) in [6, 6.07) is 0. The van der Waals surface area contributed by atoms with Crippen molar-refractivity contribution in [2.75, 3.05) is 31.1 Å². The van der Waals surface area contributed by atoms with Gasteiger partial charge >= 0.3 is 0 Å². The van der Waals surface area contributed by atoms with E-state index < -0.39 is 0 Å². The minimum atomic E-state index is 0.162. The van der Waals surface area contributed by atoms with Crippen LogP contribution in [0, 0.1) is 6.92 Å².